The highest BCUT2D eigenvalue weighted by Gasteiger charge is 2.33. The molecule has 1 amide bonds. The van der Waals surface area contributed by atoms with Gasteiger partial charge in [0, 0.05) is 41.8 Å². The Bertz CT molecular complexity index is 1530. The summed E-state index contributed by atoms with van der Waals surface area (Å²) < 4.78 is 15.9. The molecule has 1 N–H and O–H groups in total. The molecular formula is C24H20ClFN8O. The topological polar surface area (TPSA) is 95.3 Å². The van der Waals surface area contributed by atoms with Gasteiger partial charge in [-0.2, -0.15) is 5.10 Å². The zero-order chi connectivity index (χ0) is 24.7. The lowest BCUT2D eigenvalue weighted by Gasteiger charge is -2.39. The maximum Gasteiger partial charge on any atom is 0.246 e. The highest BCUT2D eigenvalue weighted by atomic mass is 35.5. The average molecular weight is 491 g/mol. The molecule has 1 aliphatic rings. The van der Waals surface area contributed by atoms with Crippen molar-refractivity contribution in [2.45, 2.75) is 13.0 Å². The van der Waals surface area contributed by atoms with E-state index >= 15 is 4.39 Å². The van der Waals surface area contributed by atoms with E-state index in [-0.39, 0.29) is 29.7 Å². The fraction of sp³-hybridized carbons (Fsp3) is 0.250. The standard InChI is InChI=1S/C24H20ClFN8O/c1-4-19(35)34-6-5-33(11-14(34)8-27-3)24-16-9-28-23(21(26)22(16)29-12-30-24)20-13(2)17(25)7-18-15(20)10-31-32-18/h4,7,9-10,12,14H,1,5-6,8,11H2,2H3,(H,31,32)/t14-/m0/s1. The number of benzene rings is 1. The lowest BCUT2D eigenvalue weighted by atomic mass is 9.99. The van der Waals surface area contributed by atoms with Gasteiger partial charge in [0.2, 0.25) is 12.5 Å². The molecule has 0 spiro atoms. The number of nitrogens with zero attached hydrogens (tertiary/aromatic N) is 7. The van der Waals surface area contributed by atoms with Crippen molar-refractivity contribution in [1.29, 1.82) is 0 Å². The molecule has 0 bridgehead atoms. The lowest BCUT2D eigenvalue weighted by Crippen LogP contribution is -2.56. The van der Waals surface area contributed by atoms with E-state index in [4.69, 9.17) is 18.2 Å². The average Bonchev–Trinajstić information content (AvgIpc) is 3.33. The maximum absolute atomic E-state index is 15.9. The van der Waals surface area contributed by atoms with Crippen LogP contribution in [0.25, 0.3) is 37.9 Å². The molecule has 0 radical (unpaired) electrons. The van der Waals surface area contributed by atoms with Crippen LogP contribution in [0.3, 0.4) is 0 Å². The Balaban J connectivity index is 1.59. The number of fused-ring (bicyclic) bond motifs is 2. The van der Waals surface area contributed by atoms with Crippen molar-refractivity contribution < 1.29 is 9.18 Å². The summed E-state index contributed by atoms with van der Waals surface area (Å²) in [6.07, 6.45) is 5.74. The van der Waals surface area contributed by atoms with Gasteiger partial charge in [0.1, 0.15) is 29.4 Å². The molecule has 3 aromatic heterocycles. The first-order valence-electron chi connectivity index (χ1n) is 10.9. The zero-order valence-corrected chi connectivity index (χ0v) is 19.6. The van der Waals surface area contributed by atoms with Gasteiger partial charge in [0.25, 0.3) is 0 Å². The van der Waals surface area contributed by atoms with Gasteiger partial charge < -0.3 is 14.6 Å². The van der Waals surface area contributed by atoms with Crippen LogP contribution in [-0.2, 0) is 4.79 Å². The number of aromatic amines is 1. The quantitative estimate of drug-likeness (QED) is 0.345. The van der Waals surface area contributed by atoms with Gasteiger partial charge >= 0.3 is 0 Å². The number of pyridine rings is 1. The number of aromatic nitrogens is 5. The van der Waals surface area contributed by atoms with Gasteiger partial charge in [0.15, 0.2) is 5.82 Å². The van der Waals surface area contributed by atoms with E-state index in [1.54, 1.807) is 23.4 Å². The number of amides is 1. The number of piperazine rings is 1. The Labute approximate surface area is 205 Å². The molecule has 1 atom stereocenters. The van der Waals surface area contributed by atoms with Crippen molar-refractivity contribution in [3.05, 3.63) is 65.3 Å². The Morgan fingerprint density at radius 3 is 2.94 bits per heavy atom. The maximum atomic E-state index is 15.9. The number of anilines is 1. The van der Waals surface area contributed by atoms with Gasteiger partial charge in [-0.25, -0.2) is 20.9 Å². The highest BCUT2D eigenvalue weighted by Crippen LogP contribution is 2.38. The first-order valence-corrected chi connectivity index (χ1v) is 11.2. The number of halogens is 2. The van der Waals surface area contributed by atoms with Crippen LogP contribution < -0.4 is 4.90 Å². The number of rotatable bonds is 4. The molecule has 1 aromatic carbocycles. The molecule has 35 heavy (non-hydrogen) atoms. The molecule has 9 nitrogen and oxygen atoms in total. The van der Waals surface area contributed by atoms with Crippen LogP contribution in [0.1, 0.15) is 5.56 Å². The smallest absolute Gasteiger partial charge is 0.246 e. The van der Waals surface area contributed by atoms with E-state index in [1.807, 2.05) is 11.8 Å². The third-order valence-electron chi connectivity index (χ3n) is 6.32. The predicted octanol–water partition coefficient (Wildman–Crippen LogP) is 3.79. The summed E-state index contributed by atoms with van der Waals surface area (Å²) in [4.78, 5) is 32.4. The monoisotopic (exact) mass is 490 g/mol. The zero-order valence-electron chi connectivity index (χ0n) is 18.8. The van der Waals surface area contributed by atoms with Gasteiger partial charge in [-0.3, -0.25) is 14.9 Å². The molecule has 1 aliphatic heterocycles. The van der Waals surface area contributed by atoms with E-state index in [1.165, 1.54) is 12.4 Å². The van der Waals surface area contributed by atoms with Gasteiger partial charge in [-0.1, -0.05) is 18.2 Å². The van der Waals surface area contributed by atoms with Crippen molar-refractivity contribution in [1.82, 2.24) is 30.0 Å². The fourth-order valence-corrected chi connectivity index (χ4v) is 4.79. The van der Waals surface area contributed by atoms with E-state index in [0.29, 0.717) is 57.9 Å². The van der Waals surface area contributed by atoms with Crippen LogP contribution >= 0.6 is 11.6 Å². The number of carbonyl (C=O) groups excluding carboxylic acids is 1. The number of nitrogens with one attached hydrogen (secondary N) is 1. The van der Waals surface area contributed by atoms with Crippen molar-refractivity contribution in [3.63, 3.8) is 0 Å². The van der Waals surface area contributed by atoms with E-state index in [0.717, 1.165) is 0 Å². The normalized spacial score (nSPS) is 16.0. The number of carbonyl (C=O) groups is 1. The summed E-state index contributed by atoms with van der Waals surface area (Å²) in [5, 5.41) is 8.55. The minimum absolute atomic E-state index is 0.126. The molecule has 5 rings (SSSR count). The number of hydrogen-bond acceptors (Lipinski definition) is 6. The second-order valence-corrected chi connectivity index (χ2v) is 8.65. The largest absolute Gasteiger partial charge is 0.352 e. The predicted molar refractivity (Wildman–Crippen MR) is 132 cm³/mol. The van der Waals surface area contributed by atoms with Crippen LogP contribution in [0.4, 0.5) is 10.2 Å². The summed E-state index contributed by atoms with van der Waals surface area (Å²) in [5.41, 5.74) is 2.17. The molecule has 0 unspecified atom stereocenters. The summed E-state index contributed by atoms with van der Waals surface area (Å²) in [6, 6.07) is 1.41. The Morgan fingerprint density at radius 2 is 2.17 bits per heavy atom. The molecule has 1 saturated heterocycles. The van der Waals surface area contributed by atoms with E-state index in [2.05, 4.69) is 36.6 Å². The van der Waals surface area contributed by atoms with Crippen molar-refractivity contribution in [2.24, 2.45) is 0 Å². The fourth-order valence-electron chi connectivity index (χ4n) is 4.59. The van der Waals surface area contributed by atoms with E-state index in [9.17, 15) is 4.79 Å². The van der Waals surface area contributed by atoms with Crippen molar-refractivity contribution in [3.8, 4) is 11.3 Å². The summed E-state index contributed by atoms with van der Waals surface area (Å²) in [6.45, 7) is 14.0. The summed E-state index contributed by atoms with van der Waals surface area (Å²) in [5.74, 6) is -0.298. The van der Waals surface area contributed by atoms with Gasteiger partial charge in [0.05, 0.1) is 17.1 Å². The Hall–Kier alpha value is -4.10. The minimum atomic E-state index is -0.586. The molecule has 176 valence electrons. The van der Waals surface area contributed by atoms with Crippen LogP contribution in [0.15, 0.2) is 37.4 Å². The van der Waals surface area contributed by atoms with Crippen LogP contribution in [0, 0.1) is 19.3 Å². The lowest BCUT2D eigenvalue weighted by molar-refractivity contribution is -0.128. The third-order valence-corrected chi connectivity index (χ3v) is 6.72. The first kappa shape index (κ1) is 22.7. The van der Waals surface area contributed by atoms with E-state index < -0.39 is 5.82 Å². The second kappa shape index (κ2) is 8.92. The Morgan fingerprint density at radius 1 is 1.34 bits per heavy atom. The SMILES string of the molecule is [C-]#[N+]C[C@H]1CN(c2ncnc3c(F)c(-c4c(C)c(Cl)cc5[nH]ncc45)ncc23)CCN1C(=O)C=C. The summed E-state index contributed by atoms with van der Waals surface area (Å²) >= 11 is 6.40. The molecule has 0 saturated carbocycles. The second-order valence-electron chi connectivity index (χ2n) is 8.25. The van der Waals surface area contributed by atoms with Crippen LogP contribution in [0.2, 0.25) is 5.02 Å². The molecule has 11 heteroatoms. The van der Waals surface area contributed by atoms with Gasteiger partial charge in [-0.05, 0) is 24.6 Å². The highest BCUT2D eigenvalue weighted by molar-refractivity contribution is 6.32. The first-order chi connectivity index (χ1) is 16.9. The summed E-state index contributed by atoms with van der Waals surface area (Å²) in [7, 11) is 0. The number of H-pyrrole nitrogens is 1. The van der Waals surface area contributed by atoms with Gasteiger partial charge in [-0.15, -0.1) is 0 Å². The molecular weight excluding hydrogens is 471 g/mol. The Kier molecular flexibility index (Phi) is 5.78. The third kappa shape index (κ3) is 3.74. The molecule has 4 heterocycles. The molecule has 1 fully saturated rings. The van der Waals surface area contributed by atoms with Crippen LogP contribution in [0.5, 0.6) is 0 Å². The number of hydrogen-bond donors (Lipinski definition) is 1. The minimum Gasteiger partial charge on any atom is -0.352 e. The van der Waals surface area contributed by atoms with Crippen molar-refractivity contribution >= 4 is 45.1 Å². The van der Waals surface area contributed by atoms with Crippen LogP contribution in [-0.4, -0.2) is 68.2 Å². The molecule has 0 aliphatic carbocycles. The van der Waals surface area contributed by atoms with Crippen molar-refractivity contribution in [2.75, 3.05) is 31.1 Å². The molecule has 4 aromatic rings.